The van der Waals surface area contributed by atoms with Crippen LogP contribution in [0.1, 0.15) is 25.7 Å². The highest BCUT2D eigenvalue weighted by Crippen LogP contribution is 2.42. The first kappa shape index (κ1) is 16.5. The highest BCUT2D eigenvalue weighted by Gasteiger charge is 2.49. The number of amides is 2. The van der Waals surface area contributed by atoms with Crippen LogP contribution in [-0.2, 0) is 14.3 Å². The molecule has 3 aliphatic rings. The van der Waals surface area contributed by atoms with Crippen molar-refractivity contribution in [2.24, 2.45) is 11.3 Å². The molecule has 3 saturated heterocycles. The van der Waals surface area contributed by atoms with E-state index in [0.29, 0.717) is 45.0 Å². The highest BCUT2D eigenvalue weighted by atomic mass is 19.1. The van der Waals surface area contributed by atoms with Crippen LogP contribution in [0.25, 0.3) is 0 Å². The first-order chi connectivity index (χ1) is 12.1. The van der Waals surface area contributed by atoms with Crippen molar-refractivity contribution in [3.63, 3.8) is 0 Å². The Hall–Kier alpha value is -1.95. The number of anilines is 1. The molecule has 0 bridgehead atoms. The number of hydrogen-bond donors (Lipinski definition) is 0. The summed E-state index contributed by atoms with van der Waals surface area (Å²) in [5.74, 6) is -0.0582. The second-order valence-corrected chi connectivity index (χ2v) is 7.53. The van der Waals surface area contributed by atoms with Crippen molar-refractivity contribution in [3.05, 3.63) is 30.1 Å². The van der Waals surface area contributed by atoms with Gasteiger partial charge in [0.25, 0.3) is 0 Å². The predicted molar refractivity (Wildman–Crippen MR) is 90.5 cm³/mol. The van der Waals surface area contributed by atoms with Gasteiger partial charge in [-0.3, -0.25) is 9.59 Å². The van der Waals surface area contributed by atoms with Crippen molar-refractivity contribution in [1.82, 2.24) is 4.90 Å². The lowest BCUT2D eigenvalue weighted by Crippen LogP contribution is -2.39. The van der Waals surface area contributed by atoms with Gasteiger partial charge in [-0.25, -0.2) is 4.39 Å². The van der Waals surface area contributed by atoms with Gasteiger partial charge in [-0.05, 0) is 37.5 Å². The summed E-state index contributed by atoms with van der Waals surface area (Å²) >= 11 is 0. The summed E-state index contributed by atoms with van der Waals surface area (Å²) in [7, 11) is 0. The van der Waals surface area contributed by atoms with Crippen LogP contribution in [-0.4, -0.2) is 49.6 Å². The van der Waals surface area contributed by atoms with Crippen LogP contribution in [0, 0.1) is 17.2 Å². The number of carbonyl (C=O) groups is 2. The van der Waals surface area contributed by atoms with Crippen molar-refractivity contribution >= 4 is 17.5 Å². The van der Waals surface area contributed by atoms with Crippen LogP contribution < -0.4 is 4.90 Å². The minimum absolute atomic E-state index is 0.0194. The maximum Gasteiger partial charge on any atom is 0.227 e. The Morgan fingerprint density at radius 1 is 1.24 bits per heavy atom. The third kappa shape index (κ3) is 3.15. The van der Waals surface area contributed by atoms with Crippen molar-refractivity contribution in [2.45, 2.75) is 25.7 Å². The molecule has 1 atom stereocenters. The van der Waals surface area contributed by atoms with Gasteiger partial charge in [-0.15, -0.1) is 0 Å². The van der Waals surface area contributed by atoms with E-state index in [9.17, 15) is 14.0 Å². The monoisotopic (exact) mass is 346 g/mol. The molecule has 4 rings (SSSR count). The van der Waals surface area contributed by atoms with Crippen molar-refractivity contribution in [2.75, 3.05) is 37.7 Å². The third-order valence-corrected chi connectivity index (χ3v) is 5.76. The largest absolute Gasteiger partial charge is 0.381 e. The van der Waals surface area contributed by atoms with Gasteiger partial charge in [0.1, 0.15) is 5.82 Å². The quantitative estimate of drug-likeness (QED) is 0.825. The van der Waals surface area contributed by atoms with Gasteiger partial charge in [0, 0.05) is 56.3 Å². The molecule has 0 aromatic heterocycles. The van der Waals surface area contributed by atoms with Crippen LogP contribution in [0.4, 0.5) is 10.1 Å². The zero-order valence-electron chi connectivity index (χ0n) is 14.2. The summed E-state index contributed by atoms with van der Waals surface area (Å²) in [6, 6.07) is 6.17. The minimum atomic E-state index is -0.339. The van der Waals surface area contributed by atoms with E-state index in [-0.39, 0.29) is 29.0 Å². The molecule has 0 N–H and O–H groups in total. The SMILES string of the molecule is O=C(C1CCOCC1)N1CCC2(CC(=O)N(c3cccc(F)c3)C2)C1. The second kappa shape index (κ2) is 6.41. The zero-order valence-corrected chi connectivity index (χ0v) is 14.2. The molecule has 3 heterocycles. The van der Waals surface area contributed by atoms with Crippen LogP contribution in [0.5, 0.6) is 0 Å². The van der Waals surface area contributed by atoms with Crippen LogP contribution in [0.15, 0.2) is 24.3 Å². The third-order valence-electron chi connectivity index (χ3n) is 5.76. The summed E-state index contributed by atoms with van der Waals surface area (Å²) in [6.07, 6.45) is 2.84. The Bertz CT molecular complexity index is 689. The molecule has 1 spiro atoms. The van der Waals surface area contributed by atoms with E-state index in [0.717, 1.165) is 19.3 Å². The van der Waals surface area contributed by atoms with E-state index >= 15 is 0 Å². The Balaban J connectivity index is 1.45. The molecule has 2 amide bonds. The van der Waals surface area contributed by atoms with E-state index in [1.54, 1.807) is 17.0 Å². The van der Waals surface area contributed by atoms with Crippen molar-refractivity contribution in [3.8, 4) is 0 Å². The van der Waals surface area contributed by atoms with E-state index < -0.39 is 0 Å². The van der Waals surface area contributed by atoms with Gasteiger partial charge in [-0.2, -0.15) is 0 Å². The first-order valence-corrected chi connectivity index (χ1v) is 8.99. The molecule has 1 aromatic rings. The fourth-order valence-corrected chi connectivity index (χ4v) is 4.37. The lowest BCUT2D eigenvalue weighted by Gasteiger charge is -2.28. The number of ether oxygens (including phenoxy) is 1. The van der Waals surface area contributed by atoms with Crippen LogP contribution in [0.2, 0.25) is 0 Å². The molecule has 3 fully saturated rings. The Labute approximate surface area is 146 Å². The van der Waals surface area contributed by atoms with E-state index in [1.807, 2.05) is 4.90 Å². The molecule has 6 heteroatoms. The summed E-state index contributed by atoms with van der Waals surface area (Å²) < 4.78 is 18.8. The van der Waals surface area contributed by atoms with Crippen LogP contribution in [0.3, 0.4) is 0 Å². The number of halogens is 1. The molecular weight excluding hydrogens is 323 g/mol. The molecule has 134 valence electrons. The van der Waals surface area contributed by atoms with Gasteiger partial charge in [-0.1, -0.05) is 6.07 Å². The van der Waals surface area contributed by atoms with Crippen LogP contribution >= 0.6 is 0 Å². The Morgan fingerprint density at radius 3 is 2.80 bits per heavy atom. The molecule has 1 unspecified atom stereocenters. The number of rotatable bonds is 2. The van der Waals surface area contributed by atoms with Gasteiger partial charge < -0.3 is 14.5 Å². The maximum absolute atomic E-state index is 13.5. The molecule has 25 heavy (non-hydrogen) atoms. The number of carbonyl (C=O) groups excluding carboxylic acids is 2. The fraction of sp³-hybridized carbons (Fsp3) is 0.579. The number of likely N-dealkylation sites (tertiary alicyclic amines) is 1. The molecule has 5 nitrogen and oxygen atoms in total. The van der Waals surface area contributed by atoms with Gasteiger partial charge in [0.05, 0.1) is 0 Å². The highest BCUT2D eigenvalue weighted by molar-refractivity contribution is 5.96. The molecule has 3 aliphatic heterocycles. The first-order valence-electron chi connectivity index (χ1n) is 8.99. The summed E-state index contributed by atoms with van der Waals surface area (Å²) in [4.78, 5) is 28.9. The van der Waals surface area contributed by atoms with E-state index in [1.165, 1.54) is 12.1 Å². The molecule has 0 aliphatic carbocycles. The topological polar surface area (TPSA) is 49.9 Å². The molecular formula is C19H23FN2O3. The summed E-state index contributed by atoms with van der Waals surface area (Å²) in [5.41, 5.74) is 0.417. The standard InChI is InChI=1S/C19H23FN2O3/c20-15-2-1-3-16(10-15)22-13-19(11-17(22)23)6-7-21(12-19)18(24)14-4-8-25-9-5-14/h1-3,10,14H,4-9,11-13H2. The van der Waals surface area contributed by atoms with E-state index in [4.69, 9.17) is 4.74 Å². The lowest BCUT2D eigenvalue weighted by molar-refractivity contribution is -0.138. The Kier molecular flexibility index (Phi) is 4.23. The number of benzene rings is 1. The van der Waals surface area contributed by atoms with Gasteiger partial charge >= 0.3 is 0 Å². The number of hydrogen-bond acceptors (Lipinski definition) is 3. The average molecular weight is 346 g/mol. The smallest absolute Gasteiger partial charge is 0.227 e. The minimum Gasteiger partial charge on any atom is -0.381 e. The second-order valence-electron chi connectivity index (χ2n) is 7.53. The molecule has 0 radical (unpaired) electrons. The normalized spacial score (nSPS) is 27.5. The molecule has 0 saturated carbocycles. The number of nitrogens with zero attached hydrogens (tertiary/aromatic N) is 2. The van der Waals surface area contributed by atoms with E-state index in [2.05, 4.69) is 0 Å². The van der Waals surface area contributed by atoms with Gasteiger partial charge in [0.2, 0.25) is 11.8 Å². The Morgan fingerprint density at radius 2 is 2.04 bits per heavy atom. The van der Waals surface area contributed by atoms with Gasteiger partial charge in [0.15, 0.2) is 0 Å². The average Bonchev–Trinajstić information content (AvgIpc) is 3.18. The fourth-order valence-electron chi connectivity index (χ4n) is 4.37. The summed E-state index contributed by atoms with van der Waals surface area (Å²) in [5, 5.41) is 0. The predicted octanol–water partition coefficient (Wildman–Crippen LogP) is 2.21. The zero-order chi connectivity index (χ0) is 17.4. The van der Waals surface area contributed by atoms with Crippen molar-refractivity contribution in [1.29, 1.82) is 0 Å². The summed E-state index contributed by atoms with van der Waals surface area (Å²) in [6.45, 7) is 3.20. The maximum atomic E-state index is 13.5. The molecule has 1 aromatic carbocycles. The lowest BCUT2D eigenvalue weighted by atomic mass is 9.86. The van der Waals surface area contributed by atoms with Crippen molar-refractivity contribution < 1.29 is 18.7 Å².